The molecule has 2 rings (SSSR count). The van der Waals surface area contributed by atoms with Crippen molar-refractivity contribution in [2.75, 3.05) is 25.6 Å². The van der Waals surface area contributed by atoms with E-state index in [4.69, 9.17) is 22.1 Å². The fourth-order valence-electron chi connectivity index (χ4n) is 2.14. The van der Waals surface area contributed by atoms with Crippen LogP contribution in [0.15, 0.2) is 23.1 Å². The number of benzene rings is 1. The lowest BCUT2D eigenvalue weighted by Crippen LogP contribution is -2.54. The lowest BCUT2D eigenvalue weighted by atomic mass is 9.93. The smallest absolute Gasteiger partial charge is 0.243 e. The average Bonchev–Trinajstić information content (AvgIpc) is 2.42. The number of nitrogen functional groups attached to an aromatic ring is 1. The van der Waals surface area contributed by atoms with Gasteiger partial charge in [-0.15, -0.1) is 0 Å². The number of halogens is 1. The third kappa shape index (κ3) is 3.24. The average molecular weight is 321 g/mol. The fraction of sp³-hybridized carbons (Fsp3) is 0.500. The molecule has 0 bridgehead atoms. The van der Waals surface area contributed by atoms with Crippen LogP contribution in [0.1, 0.15) is 12.8 Å². The van der Waals surface area contributed by atoms with Crippen LogP contribution in [0.4, 0.5) is 5.69 Å². The summed E-state index contributed by atoms with van der Waals surface area (Å²) in [6.45, 7) is 0.498. The Hall–Kier alpha value is -0.860. The molecule has 0 unspecified atom stereocenters. The number of anilines is 1. The van der Waals surface area contributed by atoms with Crippen LogP contribution >= 0.6 is 11.6 Å². The van der Waals surface area contributed by atoms with Gasteiger partial charge in [0.15, 0.2) is 0 Å². The summed E-state index contributed by atoms with van der Waals surface area (Å²) in [4.78, 5) is -0.0793. The van der Waals surface area contributed by atoms with Crippen LogP contribution in [0, 0.1) is 0 Å². The zero-order valence-electron chi connectivity index (χ0n) is 10.8. The van der Waals surface area contributed by atoms with Crippen LogP contribution in [-0.4, -0.2) is 38.9 Å². The highest BCUT2D eigenvalue weighted by atomic mass is 35.5. The van der Waals surface area contributed by atoms with Crippen molar-refractivity contribution < 1.29 is 18.3 Å². The van der Waals surface area contributed by atoms with Gasteiger partial charge < -0.3 is 15.6 Å². The molecule has 1 aromatic rings. The summed E-state index contributed by atoms with van der Waals surface area (Å²) >= 11 is 5.82. The zero-order valence-corrected chi connectivity index (χ0v) is 12.4. The van der Waals surface area contributed by atoms with Gasteiger partial charge in [-0.1, -0.05) is 11.6 Å². The highest BCUT2D eigenvalue weighted by molar-refractivity contribution is 7.89. The third-order valence-electron chi connectivity index (χ3n) is 3.37. The lowest BCUT2D eigenvalue weighted by molar-refractivity contribution is 0.0223. The van der Waals surface area contributed by atoms with Crippen LogP contribution in [0.3, 0.4) is 0 Å². The Bertz CT molecular complexity index is 585. The summed E-state index contributed by atoms with van der Waals surface area (Å²) < 4.78 is 32.6. The predicted octanol–water partition coefficient (Wildman–Crippen LogP) is 0.742. The first-order valence-electron chi connectivity index (χ1n) is 6.16. The normalized spacial score (nSPS) is 18.9. The molecule has 1 aliphatic heterocycles. The molecule has 1 saturated heterocycles. The van der Waals surface area contributed by atoms with Crippen LogP contribution in [0.2, 0.25) is 5.02 Å². The highest BCUT2D eigenvalue weighted by Gasteiger charge is 2.37. The van der Waals surface area contributed by atoms with Gasteiger partial charge in [-0.2, -0.15) is 0 Å². The maximum Gasteiger partial charge on any atom is 0.243 e. The van der Waals surface area contributed by atoms with Crippen LogP contribution in [-0.2, 0) is 14.8 Å². The van der Waals surface area contributed by atoms with E-state index >= 15 is 0 Å². The summed E-state index contributed by atoms with van der Waals surface area (Å²) in [6.07, 6.45) is 0.812. The van der Waals surface area contributed by atoms with Crippen molar-refractivity contribution in [2.45, 2.75) is 23.3 Å². The van der Waals surface area contributed by atoms with Gasteiger partial charge in [0.1, 0.15) is 4.90 Å². The number of nitrogens with two attached hydrogens (primary N) is 1. The van der Waals surface area contributed by atoms with Crippen molar-refractivity contribution >= 4 is 27.3 Å². The molecule has 8 heteroatoms. The van der Waals surface area contributed by atoms with Crippen LogP contribution in [0.5, 0.6) is 0 Å². The van der Waals surface area contributed by atoms with E-state index in [0.29, 0.717) is 26.1 Å². The number of nitrogens with one attached hydrogen (secondary N) is 1. The second-order valence-electron chi connectivity index (χ2n) is 4.84. The van der Waals surface area contributed by atoms with E-state index in [1.54, 1.807) is 0 Å². The molecule has 0 amide bonds. The Morgan fingerprint density at radius 2 is 2.05 bits per heavy atom. The summed E-state index contributed by atoms with van der Waals surface area (Å²) in [5.41, 5.74) is 4.90. The fourth-order valence-corrected chi connectivity index (χ4v) is 3.98. The first-order chi connectivity index (χ1) is 9.38. The molecule has 1 heterocycles. The number of aliphatic hydroxyl groups is 1. The summed E-state index contributed by atoms with van der Waals surface area (Å²) in [7, 11) is -3.86. The zero-order chi connectivity index (χ0) is 14.8. The van der Waals surface area contributed by atoms with Crippen LogP contribution < -0.4 is 10.5 Å². The molecule has 6 nitrogen and oxygen atoms in total. The van der Waals surface area contributed by atoms with Gasteiger partial charge in [0, 0.05) is 18.2 Å². The number of sulfonamides is 1. The minimum absolute atomic E-state index is 0.0793. The Balaban J connectivity index is 2.32. The van der Waals surface area contributed by atoms with E-state index in [2.05, 4.69) is 4.72 Å². The Morgan fingerprint density at radius 3 is 2.65 bits per heavy atom. The van der Waals surface area contributed by atoms with Crippen LogP contribution in [0.25, 0.3) is 0 Å². The SMILES string of the molecule is Nc1ccc(Cl)cc1S(=O)(=O)NC1(CO)CCOCC1. The quantitative estimate of drug-likeness (QED) is 0.710. The second kappa shape index (κ2) is 5.87. The van der Waals surface area contributed by atoms with Gasteiger partial charge in [0.05, 0.1) is 17.8 Å². The van der Waals surface area contributed by atoms with E-state index in [0.717, 1.165) is 0 Å². The molecule has 0 saturated carbocycles. The third-order valence-corrected chi connectivity index (χ3v) is 5.24. The molecule has 1 aliphatic rings. The summed E-state index contributed by atoms with van der Waals surface area (Å²) in [6, 6.07) is 4.25. The van der Waals surface area contributed by atoms with Crippen molar-refractivity contribution in [1.29, 1.82) is 0 Å². The van der Waals surface area contributed by atoms with E-state index in [1.165, 1.54) is 18.2 Å². The number of rotatable bonds is 4. The van der Waals surface area contributed by atoms with Gasteiger partial charge in [-0.05, 0) is 31.0 Å². The minimum Gasteiger partial charge on any atom is -0.398 e. The molecule has 0 atom stereocenters. The molecule has 0 radical (unpaired) electrons. The highest BCUT2D eigenvalue weighted by Crippen LogP contribution is 2.27. The Labute approximate surface area is 122 Å². The first kappa shape index (κ1) is 15.5. The van der Waals surface area contributed by atoms with Gasteiger partial charge in [0.2, 0.25) is 10.0 Å². The molecule has 0 aromatic heterocycles. The van der Waals surface area contributed by atoms with Gasteiger partial charge in [0.25, 0.3) is 0 Å². The monoisotopic (exact) mass is 320 g/mol. The van der Waals surface area contributed by atoms with E-state index < -0.39 is 15.6 Å². The van der Waals surface area contributed by atoms with Crippen molar-refractivity contribution in [3.8, 4) is 0 Å². The van der Waals surface area contributed by atoms with E-state index in [-0.39, 0.29) is 22.2 Å². The molecule has 1 fully saturated rings. The topological polar surface area (TPSA) is 102 Å². The Morgan fingerprint density at radius 1 is 1.40 bits per heavy atom. The van der Waals surface area contributed by atoms with Crippen molar-refractivity contribution in [3.63, 3.8) is 0 Å². The number of hydrogen-bond donors (Lipinski definition) is 3. The lowest BCUT2D eigenvalue weighted by Gasteiger charge is -2.35. The van der Waals surface area contributed by atoms with E-state index in [1.807, 2.05) is 0 Å². The van der Waals surface area contributed by atoms with Crippen molar-refractivity contribution in [3.05, 3.63) is 23.2 Å². The molecule has 0 aliphatic carbocycles. The second-order valence-corrected chi connectivity index (χ2v) is 6.93. The van der Waals surface area contributed by atoms with Gasteiger partial charge in [-0.3, -0.25) is 0 Å². The first-order valence-corrected chi connectivity index (χ1v) is 8.02. The molecule has 4 N–H and O–H groups in total. The molecular formula is C12H17ClN2O4S. The Kier molecular flexibility index (Phi) is 4.55. The number of ether oxygens (including phenoxy) is 1. The molecular weight excluding hydrogens is 304 g/mol. The maximum atomic E-state index is 12.4. The van der Waals surface area contributed by atoms with Gasteiger partial charge >= 0.3 is 0 Å². The largest absolute Gasteiger partial charge is 0.398 e. The molecule has 112 valence electrons. The van der Waals surface area contributed by atoms with Crippen molar-refractivity contribution in [2.24, 2.45) is 0 Å². The molecule has 20 heavy (non-hydrogen) atoms. The van der Waals surface area contributed by atoms with Gasteiger partial charge in [-0.25, -0.2) is 13.1 Å². The number of aliphatic hydroxyl groups excluding tert-OH is 1. The minimum atomic E-state index is -3.86. The summed E-state index contributed by atoms with van der Waals surface area (Å²) in [5.74, 6) is 0. The molecule has 1 aromatic carbocycles. The molecule has 0 spiro atoms. The predicted molar refractivity (Wildman–Crippen MR) is 76.1 cm³/mol. The number of hydrogen-bond acceptors (Lipinski definition) is 5. The maximum absolute atomic E-state index is 12.4. The van der Waals surface area contributed by atoms with Crippen molar-refractivity contribution in [1.82, 2.24) is 4.72 Å². The van der Waals surface area contributed by atoms with E-state index in [9.17, 15) is 13.5 Å². The standard InChI is InChI=1S/C12H17ClN2O4S/c13-9-1-2-10(14)11(7-9)20(17,18)15-12(8-16)3-5-19-6-4-12/h1-2,7,15-16H,3-6,8,14H2. The summed E-state index contributed by atoms with van der Waals surface area (Å²) in [5, 5.41) is 9.82.